The molecule has 8 nitrogen and oxygen atoms in total. The highest BCUT2D eigenvalue weighted by Gasteiger charge is 2.31. The lowest BCUT2D eigenvalue weighted by atomic mass is 9.97. The van der Waals surface area contributed by atoms with Crippen molar-refractivity contribution in [1.29, 1.82) is 0 Å². The number of esters is 1. The third-order valence-electron chi connectivity index (χ3n) is 6.47. The van der Waals surface area contributed by atoms with Crippen LogP contribution in [0.15, 0.2) is 24.4 Å². The molecule has 4 rings (SSSR count). The van der Waals surface area contributed by atoms with Crippen LogP contribution in [0.3, 0.4) is 0 Å². The number of hydrogen-bond acceptors (Lipinski definition) is 7. The minimum atomic E-state index is -0.569. The molecule has 188 valence electrons. The van der Waals surface area contributed by atoms with Crippen LogP contribution in [0, 0.1) is 5.92 Å². The van der Waals surface area contributed by atoms with E-state index in [2.05, 4.69) is 20.9 Å². The number of hydrogen-bond donors (Lipinski definition) is 3. The van der Waals surface area contributed by atoms with Crippen molar-refractivity contribution in [2.45, 2.75) is 70.0 Å². The highest BCUT2D eigenvalue weighted by atomic mass is 35.5. The fraction of sp³-hybridized carbons (Fsp3) is 0.520. The van der Waals surface area contributed by atoms with Gasteiger partial charge in [-0.3, -0.25) is 9.59 Å². The summed E-state index contributed by atoms with van der Waals surface area (Å²) in [5, 5.41) is 9.65. The molecule has 0 spiro atoms. The van der Waals surface area contributed by atoms with Crippen LogP contribution in [0.4, 0.5) is 5.69 Å². The first-order valence-corrected chi connectivity index (χ1v) is 13.2. The average Bonchev–Trinajstić information content (AvgIpc) is 3.28. The molecule has 0 bridgehead atoms. The van der Waals surface area contributed by atoms with Crippen molar-refractivity contribution in [3.8, 4) is 0 Å². The molecule has 2 unspecified atom stereocenters. The van der Waals surface area contributed by atoms with Gasteiger partial charge in [-0.15, -0.1) is 11.3 Å². The second-order valence-electron chi connectivity index (χ2n) is 9.30. The molecule has 2 saturated carbocycles. The maximum absolute atomic E-state index is 13.1. The summed E-state index contributed by atoms with van der Waals surface area (Å²) in [6.07, 6.45) is 8.69. The Balaban J connectivity index is 1.42. The number of carbonyl (C=O) groups is 3. The number of nitrogens with zero attached hydrogens (tertiary/aromatic N) is 1. The molecule has 0 saturated heterocycles. The lowest BCUT2D eigenvalue weighted by Crippen LogP contribution is -2.48. The summed E-state index contributed by atoms with van der Waals surface area (Å²) in [4.78, 5) is 43.4. The van der Waals surface area contributed by atoms with Crippen LogP contribution in [-0.4, -0.2) is 42.0 Å². The van der Waals surface area contributed by atoms with Gasteiger partial charge in [0.25, 0.3) is 5.91 Å². The van der Waals surface area contributed by atoms with E-state index in [-0.39, 0.29) is 29.6 Å². The zero-order chi connectivity index (χ0) is 24.9. The van der Waals surface area contributed by atoms with E-state index in [1.807, 2.05) is 13.0 Å². The molecule has 10 heteroatoms. The zero-order valence-electron chi connectivity index (χ0n) is 19.9. The van der Waals surface area contributed by atoms with Gasteiger partial charge in [-0.1, -0.05) is 37.3 Å². The molecule has 0 radical (unpaired) electrons. The van der Waals surface area contributed by atoms with Crippen molar-refractivity contribution in [1.82, 2.24) is 15.6 Å². The number of methoxy groups -OCH3 is 1. The average molecular weight is 519 g/mol. The van der Waals surface area contributed by atoms with E-state index in [0.29, 0.717) is 27.9 Å². The second kappa shape index (κ2) is 11.4. The Morgan fingerprint density at radius 3 is 2.63 bits per heavy atom. The zero-order valence-corrected chi connectivity index (χ0v) is 21.5. The topological polar surface area (TPSA) is 109 Å². The Morgan fingerprint density at radius 1 is 1.20 bits per heavy atom. The van der Waals surface area contributed by atoms with Gasteiger partial charge < -0.3 is 20.7 Å². The van der Waals surface area contributed by atoms with E-state index in [9.17, 15) is 14.4 Å². The molecular formula is C25H31ClN4O4S. The van der Waals surface area contributed by atoms with Gasteiger partial charge in [-0.05, 0) is 50.3 Å². The first-order chi connectivity index (χ1) is 16.8. The Hall–Kier alpha value is -2.65. The molecule has 2 aromatic heterocycles. The van der Waals surface area contributed by atoms with Gasteiger partial charge in [-0.2, -0.15) is 0 Å². The number of amides is 2. The second-order valence-corrected chi connectivity index (χ2v) is 10.9. The molecule has 2 atom stereocenters. The number of pyridine rings is 1. The van der Waals surface area contributed by atoms with E-state index in [1.54, 1.807) is 12.1 Å². The van der Waals surface area contributed by atoms with Crippen molar-refractivity contribution in [3.05, 3.63) is 44.9 Å². The fourth-order valence-corrected chi connectivity index (χ4v) is 5.46. The molecule has 35 heavy (non-hydrogen) atoms. The van der Waals surface area contributed by atoms with Gasteiger partial charge in [-0.25, -0.2) is 9.78 Å². The normalized spacial score (nSPS) is 17.5. The van der Waals surface area contributed by atoms with Crippen molar-refractivity contribution >= 4 is 46.4 Å². The van der Waals surface area contributed by atoms with Crippen LogP contribution in [0.2, 0.25) is 5.02 Å². The quantitative estimate of drug-likeness (QED) is 0.393. The smallest absolute Gasteiger partial charge is 0.358 e. The monoisotopic (exact) mass is 518 g/mol. The maximum Gasteiger partial charge on any atom is 0.358 e. The van der Waals surface area contributed by atoms with Crippen LogP contribution in [0.5, 0.6) is 0 Å². The molecule has 2 aliphatic rings. The van der Waals surface area contributed by atoms with Crippen molar-refractivity contribution < 1.29 is 19.1 Å². The number of aromatic nitrogens is 1. The number of halogens is 1. The number of thiophene rings is 1. The van der Waals surface area contributed by atoms with Crippen molar-refractivity contribution in [2.75, 3.05) is 12.4 Å². The molecule has 3 N–H and O–H groups in total. The van der Waals surface area contributed by atoms with Gasteiger partial charge >= 0.3 is 5.97 Å². The molecule has 2 amide bonds. The van der Waals surface area contributed by atoms with Gasteiger partial charge in [0.05, 0.1) is 28.7 Å². The maximum atomic E-state index is 13.1. The predicted octanol–water partition coefficient (Wildman–Crippen LogP) is 4.71. The highest BCUT2D eigenvalue weighted by Crippen LogP contribution is 2.31. The summed E-state index contributed by atoms with van der Waals surface area (Å²) >= 11 is 7.41. The lowest BCUT2D eigenvalue weighted by molar-refractivity contribution is -0.123. The number of nitrogens with one attached hydrogen (secondary N) is 3. The van der Waals surface area contributed by atoms with E-state index < -0.39 is 12.0 Å². The van der Waals surface area contributed by atoms with E-state index in [1.165, 1.54) is 37.5 Å². The number of anilines is 1. The molecule has 2 aliphatic carbocycles. The SMILES string of the molecule is COC(=O)c1ncc(Cl)cc1NC(C)c1ccc(C(=O)NC(CC2CCCC2)C(=O)NC2CC2)s1. The number of carbonyl (C=O) groups excluding carboxylic acids is 3. The third-order valence-corrected chi connectivity index (χ3v) is 7.95. The molecule has 0 aliphatic heterocycles. The first kappa shape index (κ1) is 25.4. The molecular weight excluding hydrogens is 488 g/mol. The molecule has 2 heterocycles. The van der Waals surface area contributed by atoms with Crippen molar-refractivity contribution in [3.63, 3.8) is 0 Å². The van der Waals surface area contributed by atoms with Crippen LogP contribution in [0.1, 0.15) is 82.9 Å². The minimum Gasteiger partial charge on any atom is -0.464 e. The van der Waals surface area contributed by atoms with Crippen LogP contribution in [-0.2, 0) is 9.53 Å². The predicted molar refractivity (Wildman–Crippen MR) is 136 cm³/mol. The summed E-state index contributed by atoms with van der Waals surface area (Å²) in [5.41, 5.74) is 0.583. The Bertz CT molecular complexity index is 1080. The number of ether oxygens (including phenoxy) is 1. The third kappa shape index (κ3) is 6.73. The Kier molecular flexibility index (Phi) is 8.28. The largest absolute Gasteiger partial charge is 0.464 e. The molecule has 2 fully saturated rings. The lowest BCUT2D eigenvalue weighted by Gasteiger charge is -2.21. The van der Waals surface area contributed by atoms with Gasteiger partial charge in [0.2, 0.25) is 5.91 Å². The van der Waals surface area contributed by atoms with Crippen LogP contribution < -0.4 is 16.0 Å². The standard InChI is InChI=1S/C25H31ClN4O4S/c1-14(28-18-12-16(26)13-27-22(18)25(33)34-2)20-9-10-21(35-20)24(32)30-19(11-15-5-3-4-6-15)23(31)29-17-7-8-17/h9-10,12-15,17,19,28H,3-8,11H2,1-2H3,(H,29,31)(H,30,32). The summed E-state index contributed by atoms with van der Waals surface area (Å²) in [6, 6.07) is 4.75. The van der Waals surface area contributed by atoms with Gasteiger partial charge in [0.1, 0.15) is 6.04 Å². The van der Waals surface area contributed by atoms with E-state index >= 15 is 0 Å². The Morgan fingerprint density at radius 2 is 1.94 bits per heavy atom. The summed E-state index contributed by atoms with van der Waals surface area (Å²) in [5.74, 6) is -0.422. The minimum absolute atomic E-state index is 0.0802. The fourth-order valence-electron chi connectivity index (χ4n) is 4.39. The summed E-state index contributed by atoms with van der Waals surface area (Å²) < 4.78 is 4.80. The van der Waals surface area contributed by atoms with Gasteiger partial charge in [0, 0.05) is 17.1 Å². The summed E-state index contributed by atoms with van der Waals surface area (Å²) in [7, 11) is 1.29. The van der Waals surface area contributed by atoms with E-state index in [0.717, 1.165) is 30.6 Å². The molecule has 0 aromatic carbocycles. The van der Waals surface area contributed by atoms with Crippen molar-refractivity contribution in [2.24, 2.45) is 5.92 Å². The number of rotatable bonds is 10. The van der Waals surface area contributed by atoms with Gasteiger partial charge in [0.15, 0.2) is 5.69 Å². The first-order valence-electron chi connectivity index (χ1n) is 12.1. The molecule has 2 aromatic rings. The highest BCUT2D eigenvalue weighted by molar-refractivity contribution is 7.14. The van der Waals surface area contributed by atoms with Crippen LogP contribution >= 0.6 is 22.9 Å². The van der Waals surface area contributed by atoms with E-state index in [4.69, 9.17) is 16.3 Å². The Labute approximate surface area is 214 Å². The van der Waals surface area contributed by atoms with Crippen LogP contribution in [0.25, 0.3) is 0 Å². The summed E-state index contributed by atoms with van der Waals surface area (Å²) in [6.45, 7) is 1.92.